The molecule has 0 fully saturated rings. The van der Waals surface area contributed by atoms with Crippen LogP contribution in [-0.2, 0) is 17.6 Å². The number of ether oxygens (including phenoxy) is 1. The molecule has 2 rings (SSSR count). The van der Waals surface area contributed by atoms with Crippen molar-refractivity contribution in [2.24, 2.45) is 0 Å². The zero-order chi connectivity index (χ0) is 25.8. The fraction of sp³-hybridized carbons (Fsp3) is 0.636. The first kappa shape index (κ1) is 30.1. The zero-order valence-corrected chi connectivity index (χ0v) is 23.4. The van der Waals surface area contributed by atoms with Crippen LogP contribution >= 0.6 is 0 Å². The van der Waals surface area contributed by atoms with Gasteiger partial charge in [0.15, 0.2) is 0 Å². The van der Waals surface area contributed by atoms with Gasteiger partial charge in [-0.1, -0.05) is 122 Å². The van der Waals surface area contributed by atoms with Crippen molar-refractivity contribution < 1.29 is 9.53 Å². The van der Waals surface area contributed by atoms with Gasteiger partial charge in [0.25, 0.3) is 0 Å². The van der Waals surface area contributed by atoms with E-state index in [1.54, 1.807) is 6.20 Å². The van der Waals surface area contributed by atoms with Crippen molar-refractivity contribution in [3.63, 3.8) is 0 Å². The molecule has 1 aromatic heterocycles. The second-order valence-corrected chi connectivity index (χ2v) is 10.3. The molecule has 2 aromatic rings. The Morgan fingerprint density at radius 2 is 1.25 bits per heavy atom. The monoisotopic (exact) mass is 493 g/mol. The van der Waals surface area contributed by atoms with Crippen molar-refractivity contribution in [1.82, 2.24) is 4.98 Å². The summed E-state index contributed by atoms with van der Waals surface area (Å²) in [5.74, 6) is -0.288. The molecule has 0 bridgehead atoms. The molecule has 1 unspecified atom stereocenters. The van der Waals surface area contributed by atoms with Crippen LogP contribution in [0.3, 0.4) is 0 Å². The average molecular weight is 494 g/mol. The van der Waals surface area contributed by atoms with Gasteiger partial charge in [0, 0.05) is 11.9 Å². The summed E-state index contributed by atoms with van der Waals surface area (Å²) in [5.41, 5.74) is 4.03. The number of nitrogens with zero attached hydrogens (tertiary/aromatic N) is 1. The fourth-order valence-electron chi connectivity index (χ4n) is 4.73. The van der Waals surface area contributed by atoms with Crippen molar-refractivity contribution in [2.75, 3.05) is 0 Å². The Balaban J connectivity index is 1.73. The second kappa shape index (κ2) is 19.0. The molecule has 0 aliphatic carbocycles. The van der Waals surface area contributed by atoms with Gasteiger partial charge in [-0.3, -0.25) is 4.98 Å². The first-order chi connectivity index (χ1) is 17.7. The van der Waals surface area contributed by atoms with Gasteiger partial charge in [0.05, 0.1) is 5.56 Å². The Morgan fingerprint density at radius 3 is 1.78 bits per heavy atom. The largest absolute Gasteiger partial charge is 0.454 e. The molecule has 0 saturated carbocycles. The lowest BCUT2D eigenvalue weighted by atomic mass is 10.0. The lowest BCUT2D eigenvalue weighted by molar-refractivity contribution is 0.0287. The minimum absolute atomic E-state index is 0.225. The molecule has 1 heterocycles. The summed E-state index contributed by atoms with van der Waals surface area (Å²) in [7, 11) is 0. The van der Waals surface area contributed by atoms with Crippen LogP contribution in [0, 0.1) is 0 Å². The number of pyridine rings is 1. The number of aryl methyl sites for hydroxylation is 2. The fourth-order valence-corrected chi connectivity index (χ4v) is 4.73. The van der Waals surface area contributed by atoms with Gasteiger partial charge in [0.1, 0.15) is 6.10 Å². The summed E-state index contributed by atoms with van der Waals surface area (Å²) in [5, 5.41) is 0. The summed E-state index contributed by atoms with van der Waals surface area (Å²) in [6, 6.07) is 12.5. The maximum atomic E-state index is 12.8. The van der Waals surface area contributed by atoms with E-state index >= 15 is 0 Å². The van der Waals surface area contributed by atoms with E-state index in [0.29, 0.717) is 5.56 Å². The first-order valence-electron chi connectivity index (χ1n) is 14.9. The summed E-state index contributed by atoms with van der Waals surface area (Å²) in [4.78, 5) is 17.3. The highest BCUT2D eigenvalue weighted by Gasteiger charge is 2.17. The number of benzene rings is 1. The van der Waals surface area contributed by atoms with E-state index in [1.807, 2.05) is 12.1 Å². The topological polar surface area (TPSA) is 39.2 Å². The summed E-state index contributed by atoms with van der Waals surface area (Å²) in [6.07, 6.45) is 22.7. The number of hydrogen-bond acceptors (Lipinski definition) is 3. The van der Waals surface area contributed by atoms with Crippen LogP contribution < -0.4 is 0 Å². The van der Waals surface area contributed by atoms with Crippen molar-refractivity contribution in [3.05, 3.63) is 65.0 Å². The van der Waals surface area contributed by atoms with Crippen LogP contribution in [0.15, 0.2) is 42.6 Å². The van der Waals surface area contributed by atoms with Crippen molar-refractivity contribution in [1.29, 1.82) is 0 Å². The number of unbranched alkanes of at least 4 members (excludes halogenated alkanes) is 12. The molecule has 0 aliphatic heterocycles. The number of rotatable bonds is 20. The number of hydrogen-bond donors (Lipinski definition) is 0. The van der Waals surface area contributed by atoms with Gasteiger partial charge >= 0.3 is 5.97 Å². The molecule has 1 atom stereocenters. The van der Waals surface area contributed by atoms with Crippen LogP contribution in [-0.4, -0.2) is 11.0 Å². The van der Waals surface area contributed by atoms with E-state index in [9.17, 15) is 4.79 Å². The predicted octanol–water partition coefficient (Wildman–Crippen LogP) is 9.98. The summed E-state index contributed by atoms with van der Waals surface area (Å²) >= 11 is 0. The molecule has 0 spiro atoms. The second-order valence-electron chi connectivity index (χ2n) is 10.3. The molecule has 0 radical (unpaired) electrons. The van der Waals surface area contributed by atoms with E-state index in [0.717, 1.165) is 36.9 Å². The Hall–Kier alpha value is -2.16. The third kappa shape index (κ3) is 12.2. The van der Waals surface area contributed by atoms with Crippen molar-refractivity contribution in [3.8, 4) is 0 Å². The Morgan fingerprint density at radius 1 is 0.694 bits per heavy atom. The zero-order valence-electron chi connectivity index (χ0n) is 23.4. The van der Waals surface area contributed by atoms with Crippen LogP contribution in [0.1, 0.15) is 150 Å². The Bertz CT molecular complexity index is 813. The molecule has 36 heavy (non-hydrogen) atoms. The van der Waals surface area contributed by atoms with Crippen LogP contribution in [0.5, 0.6) is 0 Å². The number of esters is 1. The third-order valence-corrected chi connectivity index (χ3v) is 7.14. The van der Waals surface area contributed by atoms with Crippen molar-refractivity contribution in [2.45, 2.75) is 136 Å². The standard InChI is InChI=1S/C33H51NO2/c1-4-7-9-11-13-15-17-19-28-21-23-29(24-22-28)32(6-3)36-33(35)30-25-26-31(34-27-30)20-18-16-14-12-10-8-5-2/h21-27,32H,4-20H2,1-3H3. The van der Waals surface area contributed by atoms with Crippen LogP contribution in [0.25, 0.3) is 0 Å². The SMILES string of the molecule is CCCCCCCCCc1ccc(C(CC)OC(=O)c2ccc(CCCCCCCCC)nc2)cc1. The van der Waals surface area contributed by atoms with E-state index in [4.69, 9.17) is 4.74 Å². The molecule has 0 amide bonds. The molecule has 3 nitrogen and oxygen atoms in total. The number of aromatic nitrogens is 1. The van der Waals surface area contributed by atoms with Gasteiger partial charge in [-0.25, -0.2) is 4.79 Å². The normalized spacial score (nSPS) is 12.0. The minimum Gasteiger partial charge on any atom is -0.454 e. The van der Waals surface area contributed by atoms with Crippen molar-refractivity contribution >= 4 is 5.97 Å². The summed E-state index contributed by atoms with van der Waals surface area (Å²) in [6.45, 7) is 6.58. The first-order valence-corrected chi connectivity index (χ1v) is 14.9. The van der Waals surface area contributed by atoms with Gasteiger partial charge < -0.3 is 4.74 Å². The average Bonchev–Trinajstić information content (AvgIpc) is 2.91. The molecular weight excluding hydrogens is 442 g/mol. The highest BCUT2D eigenvalue weighted by atomic mass is 16.5. The lowest BCUT2D eigenvalue weighted by Gasteiger charge is -2.17. The van der Waals surface area contributed by atoms with E-state index in [1.165, 1.54) is 89.0 Å². The van der Waals surface area contributed by atoms with Gasteiger partial charge in [-0.05, 0) is 55.4 Å². The third-order valence-electron chi connectivity index (χ3n) is 7.14. The Kier molecular flexibility index (Phi) is 15.9. The molecule has 3 heteroatoms. The van der Waals surface area contributed by atoms with Crippen LogP contribution in [0.4, 0.5) is 0 Å². The van der Waals surface area contributed by atoms with Gasteiger partial charge in [0.2, 0.25) is 0 Å². The maximum absolute atomic E-state index is 12.8. The minimum atomic E-state index is -0.288. The van der Waals surface area contributed by atoms with E-state index in [2.05, 4.69) is 50.0 Å². The maximum Gasteiger partial charge on any atom is 0.340 e. The smallest absolute Gasteiger partial charge is 0.340 e. The molecule has 200 valence electrons. The molecule has 0 aliphatic rings. The highest BCUT2D eigenvalue weighted by Crippen LogP contribution is 2.24. The van der Waals surface area contributed by atoms with E-state index in [-0.39, 0.29) is 12.1 Å². The molecule has 0 saturated heterocycles. The number of carbonyl (C=O) groups excluding carboxylic acids is 1. The van der Waals surface area contributed by atoms with Gasteiger partial charge in [-0.15, -0.1) is 0 Å². The summed E-state index contributed by atoms with van der Waals surface area (Å²) < 4.78 is 5.86. The Labute approximate surface area is 221 Å². The van der Waals surface area contributed by atoms with Crippen LogP contribution in [0.2, 0.25) is 0 Å². The molecular formula is C33H51NO2. The van der Waals surface area contributed by atoms with E-state index < -0.39 is 0 Å². The molecule has 0 N–H and O–H groups in total. The lowest BCUT2D eigenvalue weighted by Crippen LogP contribution is -2.12. The predicted molar refractivity (Wildman–Crippen MR) is 153 cm³/mol. The van der Waals surface area contributed by atoms with Gasteiger partial charge in [-0.2, -0.15) is 0 Å². The number of carbonyl (C=O) groups is 1. The quantitative estimate of drug-likeness (QED) is 0.136. The molecule has 1 aromatic carbocycles. The highest BCUT2D eigenvalue weighted by molar-refractivity contribution is 5.89.